The molecule has 7 heteroatoms. The van der Waals surface area contributed by atoms with Gasteiger partial charge in [0.25, 0.3) is 0 Å². The highest BCUT2D eigenvalue weighted by Gasteiger charge is 2.29. The van der Waals surface area contributed by atoms with E-state index >= 15 is 0 Å². The van der Waals surface area contributed by atoms with E-state index in [9.17, 15) is 13.2 Å². The molecule has 0 bridgehead atoms. The third kappa shape index (κ3) is 4.72. The van der Waals surface area contributed by atoms with Crippen LogP contribution in [0, 0.1) is 13.8 Å². The van der Waals surface area contributed by atoms with Gasteiger partial charge in [0.2, 0.25) is 10.0 Å². The third-order valence-electron chi connectivity index (χ3n) is 5.12. The van der Waals surface area contributed by atoms with Gasteiger partial charge in [0.05, 0.1) is 4.90 Å². The van der Waals surface area contributed by atoms with E-state index in [1.165, 1.54) is 15.4 Å². The van der Waals surface area contributed by atoms with Crippen LogP contribution in [-0.2, 0) is 16.4 Å². The van der Waals surface area contributed by atoms with Crippen LogP contribution in [0.5, 0.6) is 0 Å². The maximum Gasteiger partial charge on any atom is 0.317 e. The van der Waals surface area contributed by atoms with Crippen LogP contribution in [-0.4, -0.2) is 56.4 Å². The van der Waals surface area contributed by atoms with Crippen LogP contribution in [0.2, 0.25) is 0 Å². The van der Waals surface area contributed by atoms with E-state index in [4.69, 9.17) is 0 Å². The molecule has 0 aromatic heterocycles. The topological polar surface area (TPSA) is 69.7 Å². The zero-order chi connectivity index (χ0) is 20.1. The van der Waals surface area contributed by atoms with E-state index in [0.29, 0.717) is 37.6 Å². The van der Waals surface area contributed by atoms with Gasteiger partial charge in [0.15, 0.2) is 0 Å². The summed E-state index contributed by atoms with van der Waals surface area (Å²) in [6, 6.07) is 14.8. The maximum absolute atomic E-state index is 12.7. The standard InChI is InChI=1S/C21H27N3O3S/c1-17-7-9-20(10-8-17)28(26,27)24-15-13-23(14-16-24)21(25)22-12-11-19-6-4-3-5-18(19)2/h3-10H,11-16H2,1-2H3,(H,22,25). The molecule has 0 aliphatic carbocycles. The Hall–Kier alpha value is -2.38. The van der Waals surface area contributed by atoms with E-state index < -0.39 is 10.0 Å². The largest absolute Gasteiger partial charge is 0.338 e. The number of urea groups is 1. The minimum atomic E-state index is -3.51. The molecular weight excluding hydrogens is 374 g/mol. The number of amides is 2. The van der Waals surface area contributed by atoms with Gasteiger partial charge in [-0.25, -0.2) is 13.2 Å². The van der Waals surface area contributed by atoms with Crippen molar-refractivity contribution >= 4 is 16.1 Å². The lowest BCUT2D eigenvalue weighted by atomic mass is 10.1. The summed E-state index contributed by atoms with van der Waals surface area (Å²) >= 11 is 0. The van der Waals surface area contributed by atoms with E-state index in [1.54, 1.807) is 29.2 Å². The van der Waals surface area contributed by atoms with Gasteiger partial charge in [-0.2, -0.15) is 4.31 Å². The van der Waals surface area contributed by atoms with Gasteiger partial charge in [0, 0.05) is 32.7 Å². The van der Waals surface area contributed by atoms with Crippen molar-refractivity contribution in [3.8, 4) is 0 Å². The summed E-state index contributed by atoms with van der Waals surface area (Å²) in [5.74, 6) is 0. The van der Waals surface area contributed by atoms with Crippen molar-refractivity contribution in [3.05, 3.63) is 65.2 Å². The Morgan fingerprint density at radius 3 is 2.25 bits per heavy atom. The number of rotatable bonds is 5. The zero-order valence-corrected chi connectivity index (χ0v) is 17.2. The van der Waals surface area contributed by atoms with E-state index in [1.807, 2.05) is 19.1 Å². The fourth-order valence-corrected chi connectivity index (χ4v) is 4.72. The average Bonchev–Trinajstić information content (AvgIpc) is 2.70. The molecule has 0 atom stereocenters. The molecular formula is C21H27N3O3S. The van der Waals surface area contributed by atoms with Gasteiger partial charge in [-0.3, -0.25) is 0 Å². The molecule has 2 aromatic carbocycles. The normalized spacial score (nSPS) is 15.4. The Kier molecular flexibility index (Phi) is 6.36. The molecule has 3 rings (SSSR count). The molecule has 1 fully saturated rings. The van der Waals surface area contributed by atoms with Crippen LogP contribution in [0.4, 0.5) is 4.79 Å². The Balaban J connectivity index is 1.50. The number of carbonyl (C=O) groups excluding carboxylic acids is 1. The Labute approximate surface area is 167 Å². The van der Waals surface area contributed by atoms with Crippen LogP contribution in [0.3, 0.4) is 0 Å². The first kappa shape index (κ1) is 20.4. The van der Waals surface area contributed by atoms with Crippen LogP contribution < -0.4 is 5.32 Å². The van der Waals surface area contributed by atoms with Gasteiger partial charge in [-0.15, -0.1) is 0 Å². The lowest BCUT2D eigenvalue weighted by Crippen LogP contribution is -2.53. The van der Waals surface area contributed by atoms with Crippen LogP contribution >= 0.6 is 0 Å². The number of piperazine rings is 1. The summed E-state index contributed by atoms with van der Waals surface area (Å²) in [6.07, 6.45) is 0.778. The maximum atomic E-state index is 12.7. The summed E-state index contributed by atoms with van der Waals surface area (Å²) < 4.78 is 26.9. The summed E-state index contributed by atoms with van der Waals surface area (Å²) in [5.41, 5.74) is 3.45. The molecule has 2 amide bonds. The minimum Gasteiger partial charge on any atom is -0.338 e. The van der Waals surface area contributed by atoms with Crippen molar-refractivity contribution in [2.75, 3.05) is 32.7 Å². The van der Waals surface area contributed by atoms with Crippen molar-refractivity contribution < 1.29 is 13.2 Å². The van der Waals surface area contributed by atoms with Crippen LogP contribution in [0.1, 0.15) is 16.7 Å². The summed E-state index contributed by atoms with van der Waals surface area (Å²) in [7, 11) is -3.51. The number of hydrogen-bond donors (Lipinski definition) is 1. The molecule has 0 spiro atoms. The Bertz CT molecular complexity index is 918. The molecule has 1 aliphatic rings. The highest BCUT2D eigenvalue weighted by atomic mass is 32.2. The van der Waals surface area contributed by atoms with Crippen molar-refractivity contribution in [1.82, 2.24) is 14.5 Å². The van der Waals surface area contributed by atoms with Gasteiger partial charge < -0.3 is 10.2 Å². The molecule has 2 aromatic rings. The molecule has 1 aliphatic heterocycles. The number of hydrogen-bond acceptors (Lipinski definition) is 3. The van der Waals surface area contributed by atoms with Crippen molar-refractivity contribution in [3.63, 3.8) is 0 Å². The second-order valence-electron chi connectivity index (χ2n) is 7.11. The monoisotopic (exact) mass is 401 g/mol. The molecule has 150 valence electrons. The van der Waals surface area contributed by atoms with E-state index in [0.717, 1.165) is 12.0 Å². The number of carbonyl (C=O) groups is 1. The van der Waals surface area contributed by atoms with Crippen molar-refractivity contribution in [2.45, 2.75) is 25.2 Å². The van der Waals surface area contributed by atoms with E-state index in [2.05, 4.69) is 24.4 Å². The van der Waals surface area contributed by atoms with Crippen LogP contribution in [0.15, 0.2) is 53.4 Å². The summed E-state index contributed by atoms with van der Waals surface area (Å²) in [4.78, 5) is 14.4. The Morgan fingerprint density at radius 2 is 1.61 bits per heavy atom. The van der Waals surface area contributed by atoms with Gasteiger partial charge >= 0.3 is 6.03 Å². The number of sulfonamides is 1. The van der Waals surface area contributed by atoms with E-state index in [-0.39, 0.29) is 6.03 Å². The van der Waals surface area contributed by atoms with Gasteiger partial charge in [0.1, 0.15) is 0 Å². The predicted octanol–water partition coefficient (Wildman–Crippen LogP) is 2.56. The van der Waals surface area contributed by atoms with Crippen molar-refractivity contribution in [1.29, 1.82) is 0 Å². The quantitative estimate of drug-likeness (QED) is 0.837. The second-order valence-corrected chi connectivity index (χ2v) is 9.05. The van der Waals surface area contributed by atoms with Gasteiger partial charge in [-0.05, 0) is 43.5 Å². The fraction of sp³-hybridized carbons (Fsp3) is 0.381. The SMILES string of the molecule is Cc1ccc(S(=O)(=O)N2CCN(C(=O)NCCc3ccccc3C)CC2)cc1. The molecule has 0 radical (unpaired) electrons. The molecule has 0 unspecified atom stereocenters. The van der Waals surface area contributed by atoms with Crippen molar-refractivity contribution in [2.24, 2.45) is 0 Å². The average molecular weight is 402 g/mol. The molecule has 1 saturated heterocycles. The first-order chi connectivity index (χ1) is 13.4. The predicted molar refractivity (Wildman–Crippen MR) is 110 cm³/mol. The number of nitrogens with zero attached hydrogens (tertiary/aromatic N) is 2. The molecule has 1 heterocycles. The fourth-order valence-electron chi connectivity index (χ4n) is 3.30. The third-order valence-corrected chi connectivity index (χ3v) is 7.03. The Morgan fingerprint density at radius 1 is 0.964 bits per heavy atom. The number of benzene rings is 2. The lowest BCUT2D eigenvalue weighted by Gasteiger charge is -2.34. The molecule has 1 N–H and O–H groups in total. The summed E-state index contributed by atoms with van der Waals surface area (Å²) in [5, 5.41) is 2.94. The van der Waals surface area contributed by atoms with Crippen LogP contribution in [0.25, 0.3) is 0 Å². The minimum absolute atomic E-state index is 0.138. The second kappa shape index (κ2) is 8.75. The summed E-state index contributed by atoms with van der Waals surface area (Å²) in [6.45, 7) is 5.94. The highest BCUT2D eigenvalue weighted by Crippen LogP contribution is 2.18. The smallest absolute Gasteiger partial charge is 0.317 e. The first-order valence-corrected chi connectivity index (χ1v) is 11.0. The number of aryl methyl sites for hydroxylation is 2. The van der Waals surface area contributed by atoms with Gasteiger partial charge in [-0.1, -0.05) is 42.0 Å². The lowest BCUT2D eigenvalue weighted by molar-refractivity contribution is 0.172. The highest BCUT2D eigenvalue weighted by molar-refractivity contribution is 7.89. The number of nitrogens with one attached hydrogen (secondary N) is 1. The first-order valence-electron chi connectivity index (χ1n) is 9.52. The molecule has 0 saturated carbocycles. The molecule has 6 nitrogen and oxygen atoms in total. The molecule has 28 heavy (non-hydrogen) atoms. The zero-order valence-electron chi connectivity index (χ0n) is 16.4.